The molecule has 0 aliphatic heterocycles. The third kappa shape index (κ3) is 3.09. The van der Waals surface area contributed by atoms with Crippen molar-refractivity contribution in [2.24, 2.45) is 0 Å². The van der Waals surface area contributed by atoms with Gasteiger partial charge in [-0.2, -0.15) is 0 Å². The molecule has 1 heterocycles. The molecule has 1 rings (SSSR count). The lowest BCUT2D eigenvalue weighted by molar-refractivity contribution is 0.164. The van der Waals surface area contributed by atoms with Crippen LogP contribution in [0.2, 0.25) is 0 Å². The molecule has 1 unspecified atom stereocenters. The van der Waals surface area contributed by atoms with E-state index in [0.29, 0.717) is 18.5 Å². The third-order valence-corrected chi connectivity index (χ3v) is 2.78. The molecule has 1 atom stereocenters. The Morgan fingerprint density at radius 2 is 2.29 bits per heavy atom. The van der Waals surface area contributed by atoms with Crippen LogP contribution in [0.3, 0.4) is 0 Å². The van der Waals surface area contributed by atoms with Gasteiger partial charge >= 0.3 is 0 Å². The van der Waals surface area contributed by atoms with Crippen molar-refractivity contribution in [2.75, 3.05) is 0 Å². The summed E-state index contributed by atoms with van der Waals surface area (Å²) in [5, 5.41) is 9.72. The summed E-state index contributed by atoms with van der Waals surface area (Å²) in [7, 11) is 0. The number of hydrogen-bond donors (Lipinski definition) is 1. The van der Waals surface area contributed by atoms with Gasteiger partial charge in [0.25, 0.3) is 0 Å². The average molecular weight is 319 g/mol. The molecule has 1 N–H and O–H groups in total. The van der Waals surface area contributed by atoms with Crippen molar-refractivity contribution >= 4 is 31.9 Å². The molecule has 0 saturated heterocycles. The first-order chi connectivity index (χ1) is 6.65. The van der Waals surface area contributed by atoms with Crippen LogP contribution in [0.5, 0.6) is 0 Å². The molecule has 0 aliphatic rings. The predicted molar refractivity (Wildman–Crippen MR) is 62.7 cm³/mol. The average Bonchev–Trinajstić information content (AvgIpc) is 2.14. The van der Waals surface area contributed by atoms with E-state index in [1.807, 2.05) is 6.07 Å². The summed E-state index contributed by atoms with van der Waals surface area (Å²) in [6.07, 6.45) is 7.24. The maximum Gasteiger partial charge on any atom is 0.0980 e. The summed E-state index contributed by atoms with van der Waals surface area (Å²) >= 11 is 6.63. The Morgan fingerprint density at radius 3 is 2.86 bits per heavy atom. The van der Waals surface area contributed by atoms with Crippen LogP contribution in [-0.4, -0.2) is 10.1 Å². The zero-order valence-electron chi connectivity index (χ0n) is 7.37. The Labute approximate surface area is 100 Å². The zero-order chi connectivity index (χ0) is 10.6. The van der Waals surface area contributed by atoms with E-state index in [0.717, 1.165) is 8.95 Å². The SMILES string of the molecule is C#CCCC(O)c1ncc(Br)cc1Br. The van der Waals surface area contributed by atoms with E-state index < -0.39 is 6.10 Å². The van der Waals surface area contributed by atoms with Crippen LogP contribution in [0.4, 0.5) is 0 Å². The molecule has 0 saturated carbocycles. The molecule has 0 radical (unpaired) electrons. The summed E-state index contributed by atoms with van der Waals surface area (Å²) in [5.41, 5.74) is 0.628. The number of hydrogen-bond acceptors (Lipinski definition) is 2. The second-order valence-electron chi connectivity index (χ2n) is 2.78. The van der Waals surface area contributed by atoms with Crippen molar-refractivity contribution in [1.82, 2.24) is 4.98 Å². The highest BCUT2D eigenvalue weighted by atomic mass is 79.9. The van der Waals surface area contributed by atoms with E-state index in [1.165, 1.54) is 0 Å². The van der Waals surface area contributed by atoms with Gasteiger partial charge < -0.3 is 5.11 Å². The second kappa shape index (κ2) is 5.50. The fourth-order valence-corrected chi connectivity index (χ4v) is 2.28. The highest BCUT2D eigenvalue weighted by Crippen LogP contribution is 2.26. The Bertz CT molecular complexity index is 360. The van der Waals surface area contributed by atoms with Crippen molar-refractivity contribution in [3.63, 3.8) is 0 Å². The number of terminal acetylenes is 1. The normalized spacial score (nSPS) is 12.1. The van der Waals surface area contributed by atoms with Crippen molar-refractivity contribution < 1.29 is 5.11 Å². The summed E-state index contributed by atoms with van der Waals surface area (Å²) in [5.74, 6) is 2.49. The van der Waals surface area contributed by atoms with Crippen LogP contribution in [0.15, 0.2) is 21.2 Å². The Morgan fingerprint density at radius 1 is 1.57 bits per heavy atom. The standard InChI is InChI=1S/C10H9Br2NO/c1-2-3-4-9(14)10-8(12)5-7(11)6-13-10/h1,5-6,9,14H,3-4H2. The molecule has 2 nitrogen and oxygen atoms in total. The summed E-state index contributed by atoms with van der Waals surface area (Å²) < 4.78 is 1.66. The molecule has 0 amide bonds. The summed E-state index contributed by atoms with van der Waals surface area (Å²) in [6, 6.07) is 1.85. The highest BCUT2D eigenvalue weighted by Gasteiger charge is 2.12. The minimum atomic E-state index is -0.603. The van der Waals surface area contributed by atoms with Gasteiger partial charge in [-0.1, -0.05) is 0 Å². The van der Waals surface area contributed by atoms with E-state index in [4.69, 9.17) is 6.42 Å². The van der Waals surface area contributed by atoms with Gasteiger partial charge in [-0.3, -0.25) is 4.98 Å². The number of rotatable bonds is 3. The summed E-state index contributed by atoms with van der Waals surface area (Å²) in [6.45, 7) is 0. The molecular weight excluding hydrogens is 310 g/mol. The number of halogens is 2. The van der Waals surface area contributed by atoms with Crippen molar-refractivity contribution in [2.45, 2.75) is 18.9 Å². The van der Waals surface area contributed by atoms with Crippen LogP contribution in [0.1, 0.15) is 24.6 Å². The van der Waals surface area contributed by atoms with Crippen LogP contribution in [-0.2, 0) is 0 Å². The predicted octanol–water partition coefficient (Wildman–Crippen LogP) is 3.05. The first-order valence-electron chi connectivity index (χ1n) is 4.07. The first kappa shape index (κ1) is 11.7. The molecule has 0 spiro atoms. The molecule has 1 aromatic heterocycles. The minimum Gasteiger partial charge on any atom is -0.387 e. The van der Waals surface area contributed by atoms with E-state index in [1.54, 1.807) is 6.20 Å². The molecule has 0 aliphatic carbocycles. The maximum absolute atomic E-state index is 9.72. The summed E-state index contributed by atoms with van der Waals surface area (Å²) in [4.78, 5) is 4.12. The van der Waals surface area contributed by atoms with Crippen LogP contribution in [0.25, 0.3) is 0 Å². The number of pyridine rings is 1. The fraction of sp³-hybridized carbons (Fsp3) is 0.300. The smallest absolute Gasteiger partial charge is 0.0980 e. The van der Waals surface area contributed by atoms with Gasteiger partial charge in [0.05, 0.1) is 11.8 Å². The number of nitrogens with zero attached hydrogens (tertiary/aromatic N) is 1. The third-order valence-electron chi connectivity index (χ3n) is 1.71. The topological polar surface area (TPSA) is 33.1 Å². The Hall–Kier alpha value is -0.370. The van der Waals surface area contributed by atoms with Gasteiger partial charge in [0.15, 0.2) is 0 Å². The molecular formula is C10H9Br2NO. The van der Waals surface area contributed by atoms with Crippen LogP contribution < -0.4 is 0 Å². The van der Waals surface area contributed by atoms with E-state index in [9.17, 15) is 5.11 Å². The number of aromatic nitrogens is 1. The van der Waals surface area contributed by atoms with Gasteiger partial charge in [0.1, 0.15) is 0 Å². The fourth-order valence-electron chi connectivity index (χ4n) is 1.03. The van der Waals surface area contributed by atoms with Gasteiger partial charge in [-0.15, -0.1) is 12.3 Å². The quantitative estimate of drug-likeness (QED) is 0.869. The molecule has 14 heavy (non-hydrogen) atoms. The second-order valence-corrected chi connectivity index (χ2v) is 4.55. The molecule has 74 valence electrons. The number of aliphatic hydroxyl groups excluding tert-OH is 1. The van der Waals surface area contributed by atoms with Gasteiger partial charge in [0.2, 0.25) is 0 Å². The lowest BCUT2D eigenvalue weighted by atomic mass is 10.1. The molecule has 0 aromatic carbocycles. The number of aliphatic hydroxyl groups is 1. The lowest BCUT2D eigenvalue weighted by Gasteiger charge is -2.10. The first-order valence-corrected chi connectivity index (χ1v) is 5.66. The Kier molecular flexibility index (Phi) is 4.59. The lowest BCUT2D eigenvalue weighted by Crippen LogP contribution is -2.01. The largest absolute Gasteiger partial charge is 0.387 e. The van der Waals surface area contributed by atoms with Crippen molar-refractivity contribution in [3.05, 3.63) is 26.9 Å². The van der Waals surface area contributed by atoms with Crippen LogP contribution >= 0.6 is 31.9 Å². The minimum absolute atomic E-state index is 0.531. The van der Waals surface area contributed by atoms with E-state index in [-0.39, 0.29) is 0 Å². The van der Waals surface area contributed by atoms with Gasteiger partial charge in [-0.05, 0) is 44.3 Å². The van der Waals surface area contributed by atoms with Crippen molar-refractivity contribution in [3.8, 4) is 12.3 Å². The molecule has 4 heteroatoms. The Balaban J connectivity index is 2.80. The van der Waals surface area contributed by atoms with E-state index in [2.05, 4.69) is 42.8 Å². The van der Waals surface area contributed by atoms with Crippen molar-refractivity contribution in [1.29, 1.82) is 0 Å². The van der Waals surface area contributed by atoms with E-state index >= 15 is 0 Å². The maximum atomic E-state index is 9.72. The monoisotopic (exact) mass is 317 g/mol. The zero-order valence-corrected chi connectivity index (χ0v) is 10.5. The highest BCUT2D eigenvalue weighted by molar-refractivity contribution is 9.11. The molecule has 0 fully saturated rings. The van der Waals surface area contributed by atoms with Crippen LogP contribution in [0, 0.1) is 12.3 Å². The molecule has 1 aromatic rings. The van der Waals surface area contributed by atoms with Gasteiger partial charge in [0, 0.05) is 21.6 Å². The van der Waals surface area contributed by atoms with Gasteiger partial charge in [-0.25, -0.2) is 0 Å². The molecule has 0 bridgehead atoms.